The number of carbonyl (C=O) groups is 2. The van der Waals surface area contributed by atoms with Gasteiger partial charge in [0.1, 0.15) is 6.61 Å². The van der Waals surface area contributed by atoms with E-state index < -0.39 is 11.8 Å². The fourth-order valence-electron chi connectivity index (χ4n) is 3.93. The first-order chi connectivity index (χ1) is 11.7. The van der Waals surface area contributed by atoms with E-state index >= 15 is 0 Å². The average molecular weight is 330 g/mol. The first kappa shape index (κ1) is 15.3. The number of hydrogen-bond acceptors (Lipinski definition) is 4. The number of piperidine rings is 1. The lowest BCUT2D eigenvalue weighted by Gasteiger charge is -2.37. The normalized spacial score (nSPS) is 24.9. The molecule has 2 amide bonds. The van der Waals surface area contributed by atoms with Crippen molar-refractivity contribution in [2.24, 2.45) is 0 Å². The molecule has 1 atom stereocenters. The van der Waals surface area contributed by atoms with Crippen molar-refractivity contribution in [2.45, 2.75) is 43.7 Å². The van der Waals surface area contributed by atoms with E-state index in [1.165, 1.54) is 11.1 Å². The highest BCUT2D eigenvalue weighted by Gasteiger charge is 2.45. The van der Waals surface area contributed by atoms with E-state index in [-0.39, 0.29) is 12.1 Å². The maximum absolute atomic E-state index is 12.6. The molecule has 2 heterocycles. The van der Waals surface area contributed by atoms with Crippen LogP contribution in [0.15, 0.2) is 24.3 Å². The first-order valence-electron chi connectivity index (χ1n) is 8.64. The smallest absolute Gasteiger partial charge is 0.430 e. The van der Waals surface area contributed by atoms with Crippen LogP contribution in [-0.4, -0.2) is 42.4 Å². The van der Waals surface area contributed by atoms with Gasteiger partial charge in [-0.25, -0.2) is 9.59 Å². The first-order valence-corrected chi connectivity index (χ1v) is 8.64. The molecule has 1 spiro atoms. The van der Waals surface area contributed by atoms with Gasteiger partial charge in [0.05, 0.1) is 6.04 Å². The minimum absolute atomic E-state index is 0.0307. The van der Waals surface area contributed by atoms with Crippen molar-refractivity contribution in [1.29, 1.82) is 0 Å². The van der Waals surface area contributed by atoms with Crippen molar-refractivity contribution >= 4 is 12.2 Å². The Morgan fingerprint density at radius 2 is 2.04 bits per heavy atom. The predicted molar refractivity (Wildman–Crippen MR) is 86.6 cm³/mol. The summed E-state index contributed by atoms with van der Waals surface area (Å²) in [5.41, 5.74) is 2.05. The largest absolute Gasteiger partial charge is 0.509 e. The maximum atomic E-state index is 12.6. The van der Waals surface area contributed by atoms with E-state index in [0.717, 1.165) is 19.3 Å². The number of aryl methyl sites for hydroxylation is 1. The van der Waals surface area contributed by atoms with Crippen LogP contribution in [0, 0.1) is 0 Å². The molecule has 4 rings (SSSR count). The summed E-state index contributed by atoms with van der Waals surface area (Å²) in [6, 6.07) is 8.40. The molecule has 0 saturated carbocycles. The van der Waals surface area contributed by atoms with Gasteiger partial charge >= 0.3 is 12.2 Å². The van der Waals surface area contributed by atoms with E-state index in [1.54, 1.807) is 0 Å². The Labute approximate surface area is 141 Å². The fourth-order valence-corrected chi connectivity index (χ4v) is 3.93. The summed E-state index contributed by atoms with van der Waals surface area (Å²) >= 11 is 0. The van der Waals surface area contributed by atoms with Crippen LogP contribution in [0.25, 0.3) is 0 Å². The average Bonchev–Trinajstić information content (AvgIpc) is 2.96. The number of benzene rings is 1. The number of cyclic esters (lactones) is 1. The van der Waals surface area contributed by atoms with Gasteiger partial charge in [-0.1, -0.05) is 24.3 Å². The second kappa shape index (κ2) is 6.00. The Morgan fingerprint density at radius 3 is 2.79 bits per heavy atom. The molecule has 1 aromatic carbocycles. The van der Waals surface area contributed by atoms with Crippen molar-refractivity contribution in [3.63, 3.8) is 0 Å². The van der Waals surface area contributed by atoms with Crippen LogP contribution < -0.4 is 5.32 Å². The van der Waals surface area contributed by atoms with Crippen LogP contribution in [0.5, 0.6) is 0 Å². The summed E-state index contributed by atoms with van der Waals surface area (Å²) in [5, 5.41) is 3.18. The number of carbonyl (C=O) groups excluding carboxylic acids is 2. The van der Waals surface area contributed by atoms with Gasteiger partial charge in [-0.3, -0.25) is 0 Å². The quantitative estimate of drug-likeness (QED) is 0.804. The van der Waals surface area contributed by atoms with Gasteiger partial charge in [0.15, 0.2) is 5.60 Å². The number of rotatable bonds is 1. The summed E-state index contributed by atoms with van der Waals surface area (Å²) in [7, 11) is 0. The molecule has 24 heavy (non-hydrogen) atoms. The lowest BCUT2D eigenvalue weighted by molar-refractivity contribution is 0.00907. The minimum atomic E-state index is -0.591. The topological polar surface area (TPSA) is 67.9 Å². The lowest BCUT2D eigenvalue weighted by Crippen LogP contribution is -2.51. The van der Waals surface area contributed by atoms with Gasteiger partial charge in [-0.2, -0.15) is 0 Å². The third-order valence-corrected chi connectivity index (χ3v) is 5.38. The Kier molecular flexibility index (Phi) is 3.82. The second-order valence-corrected chi connectivity index (χ2v) is 6.90. The Morgan fingerprint density at radius 1 is 1.25 bits per heavy atom. The minimum Gasteiger partial charge on any atom is -0.430 e. The zero-order valence-electron chi connectivity index (χ0n) is 13.6. The molecule has 2 aliphatic heterocycles. The molecule has 0 unspecified atom stereocenters. The summed E-state index contributed by atoms with van der Waals surface area (Å²) in [4.78, 5) is 25.6. The van der Waals surface area contributed by atoms with Crippen LogP contribution in [0.2, 0.25) is 0 Å². The SMILES string of the molecule is O=C1OCC2(CCN(C(=O)N[C@H]3CCCc4ccccc43)CC2)O1. The van der Waals surface area contributed by atoms with Gasteiger partial charge in [0, 0.05) is 25.9 Å². The fraction of sp³-hybridized carbons (Fsp3) is 0.556. The van der Waals surface area contributed by atoms with E-state index in [9.17, 15) is 9.59 Å². The highest BCUT2D eigenvalue weighted by Crippen LogP contribution is 2.33. The number of likely N-dealkylation sites (tertiary alicyclic amines) is 1. The van der Waals surface area contributed by atoms with Crippen molar-refractivity contribution in [3.8, 4) is 0 Å². The number of amides is 2. The Balaban J connectivity index is 1.37. The molecule has 0 bridgehead atoms. The van der Waals surface area contributed by atoms with Crippen LogP contribution in [-0.2, 0) is 15.9 Å². The van der Waals surface area contributed by atoms with Gasteiger partial charge < -0.3 is 19.7 Å². The van der Waals surface area contributed by atoms with Crippen molar-refractivity contribution in [2.75, 3.05) is 19.7 Å². The number of hydrogen-bond donors (Lipinski definition) is 1. The second-order valence-electron chi connectivity index (χ2n) is 6.90. The van der Waals surface area contributed by atoms with Crippen molar-refractivity contribution in [1.82, 2.24) is 10.2 Å². The number of urea groups is 1. The number of nitrogens with zero attached hydrogens (tertiary/aromatic N) is 1. The van der Waals surface area contributed by atoms with Crippen LogP contribution in [0.4, 0.5) is 9.59 Å². The van der Waals surface area contributed by atoms with Gasteiger partial charge in [0.2, 0.25) is 0 Å². The highest BCUT2D eigenvalue weighted by atomic mass is 16.8. The van der Waals surface area contributed by atoms with E-state index in [0.29, 0.717) is 32.5 Å². The molecule has 0 radical (unpaired) electrons. The molecule has 2 saturated heterocycles. The molecule has 2 fully saturated rings. The monoisotopic (exact) mass is 330 g/mol. The summed E-state index contributed by atoms with van der Waals surface area (Å²) in [6.45, 7) is 1.46. The van der Waals surface area contributed by atoms with Crippen LogP contribution >= 0.6 is 0 Å². The maximum Gasteiger partial charge on any atom is 0.509 e. The Bertz CT molecular complexity index is 652. The predicted octanol–water partition coefficient (Wildman–Crippen LogP) is 2.78. The van der Waals surface area contributed by atoms with E-state index in [2.05, 4.69) is 23.5 Å². The highest BCUT2D eigenvalue weighted by molar-refractivity contribution is 5.75. The molecular weight excluding hydrogens is 308 g/mol. The molecule has 1 aliphatic carbocycles. The molecule has 128 valence electrons. The molecule has 6 heteroatoms. The molecule has 1 aromatic rings. The van der Waals surface area contributed by atoms with Gasteiger partial charge in [-0.15, -0.1) is 0 Å². The molecule has 3 aliphatic rings. The number of ether oxygens (including phenoxy) is 2. The summed E-state index contributed by atoms with van der Waals surface area (Å²) in [6.07, 6.45) is 3.83. The molecule has 1 N–H and O–H groups in total. The standard InChI is InChI=1S/C18H22N2O4/c21-16(19-15-7-3-5-13-4-1-2-6-14(13)15)20-10-8-18(9-11-20)12-23-17(22)24-18/h1-2,4,6,15H,3,5,7-12H2,(H,19,21)/t15-/m0/s1. The van der Waals surface area contributed by atoms with E-state index in [4.69, 9.17) is 9.47 Å². The zero-order chi connectivity index (χ0) is 16.6. The van der Waals surface area contributed by atoms with Gasteiger partial charge in [-0.05, 0) is 30.4 Å². The number of fused-ring (bicyclic) bond motifs is 1. The summed E-state index contributed by atoms with van der Waals surface area (Å²) < 4.78 is 10.2. The zero-order valence-corrected chi connectivity index (χ0v) is 13.6. The third kappa shape index (κ3) is 2.81. The molecule has 0 aromatic heterocycles. The molecule has 6 nitrogen and oxygen atoms in total. The summed E-state index contributed by atoms with van der Waals surface area (Å²) in [5.74, 6) is 0. The third-order valence-electron chi connectivity index (χ3n) is 5.38. The lowest BCUT2D eigenvalue weighted by atomic mass is 9.88. The molecular formula is C18H22N2O4. The van der Waals surface area contributed by atoms with Crippen molar-refractivity contribution < 1.29 is 19.1 Å². The number of nitrogens with one attached hydrogen (secondary N) is 1. The Hall–Kier alpha value is -2.24. The van der Waals surface area contributed by atoms with Crippen LogP contribution in [0.3, 0.4) is 0 Å². The van der Waals surface area contributed by atoms with E-state index in [1.807, 2.05) is 11.0 Å². The van der Waals surface area contributed by atoms with Crippen LogP contribution in [0.1, 0.15) is 42.9 Å². The van der Waals surface area contributed by atoms with Gasteiger partial charge in [0.25, 0.3) is 0 Å². The van der Waals surface area contributed by atoms with Crippen molar-refractivity contribution in [3.05, 3.63) is 35.4 Å².